The largest absolute Gasteiger partial charge is 0.481 e. The van der Waals surface area contributed by atoms with Crippen LogP contribution in [0, 0.1) is 19.8 Å². The third-order valence-corrected chi connectivity index (χ3v) is 6.17. The maximum absolute atomic E-state index is 13.0. The van der Waals surface area contributed by atoms with Gasteiger partial charge in [-0.05, 0) is 33.6 Å². The molecular formula is C15H22N2O6S. The van der Waals surface area contributed by atoms with Crippen LogP contribution in [-0.2, 0) is 19.6 Å². The summed E-state index contributed by atoms with van der Waals surface area (Å²) in [4.78, 5) is 26.1. The van der Waals surface area contributed by atoms with Crippen LogP contribution >= 0.6 is 0 Å². The number of aromatic amines is 1. The molecule has 9 heteroatoms. The van der Waals surface area contributed by atoms with Crippen LogP contribution in [0.15, 0.2) is 4.90 Å². The summed E-state index contributed by atoms with van der Waals surface area (Å²) in [5.41, 5.74) is 0.746. The Kier molecular flexibility index (Phi) is 5.34. The monoisotopic (exact) mass is 358 g/mol. The van der Waals surface area contributed by atoms with Gasteiger partial charge >= 0.3 is 11.9 Å². The summed E-state index contributed by atoms with van der Waals surface area (Å²) in [6, 6.07) is 0. The average Bonchev–Trinajstić information content (AvgIpc) is 2.82. The Hall–Kier alpha value is -1.87. The number of hydrogen-bond donors (Lipinski definition) is 2. The zero-order chi connectivity index (χ0) is 18.1. The zero-order valence-corrected chi connectivity index (χ0v) is 14.8. The third-order valence-electron chi connectivity index (χ3n) is 4.13. The number of carboxylic acids is 1. The first kappa shape index (κ1) is 18.5. The topological polar surface area (TPSA) is 117 Å². The lowest BCUT2D eigenvalue weighted by Gasteiger charge is -2.30. The van der Waals surface area contributed by atoms with Gasteiger partial charge in [0.1, 0.15) is 10.5 Å². The lowest BCUT2D eigenvalue weighted by atomic mass is 10.0. The summed E-state index contributed by atoms with van der Waals surface area (Å²) in [7, 11) is -3.99. The fraction of sp³-hybridized carbons (Fsp3) is 0.600. The number of nitrogens with zero attached hydrogens (tertiary/aromatic N) is 1. The molecule has 1 aliphatic rings. The second-order valence-electron chi connectivity index (χ2n) is 5.84. The van der Waals surface area contributed by atoms with Crippen LogP contribution in [0.1, 0.15) is 41.5 Å². The minimum absolute atomic E-state index is 0.00759. The highest BCUT2D eigenvalue weighted by Crippen LogP contribution is 2.30. The molecule has 8 nitrogen and oxygen atoms in total. The highest BCUT2D eigenvalue weighted by molar-refractivity contribution is 7.89. The van der Waals surface area contributed by atoms with Gasteiger partial charge in [-0.15, -0.1) is 0 Å². The van der Waals surface area contributed by atoms with Crippen LogP contribution in [-0.4, -0.2) is 54.4 Å². The SMILES string of the molecule is CCOC(=O)c1c(C)[nH]c(C)c1S(=O)(=O)N1CCC[C@@H](C(=O)O)C1. The molecule has 2 N–H and O–H groups in total. The minimum atomic E-state index is -3.99. The number of nitrogens with one attached hydrogen (secondary N) is 1. The van der Waals surface area contributed by atoms with Gasteiger partial charge in [0.2, 0.25) is 10.0 Å². The molecule has 24 heavy (non-hydrogen) atoms. The number of aryl methyl sites for hydroxylation is 2. The lowest BCUT2D eigenvalue weighted by molar-refractivity contribution is -0.142. The molecule has 1 saturated heterocycles. The molecule has 0 unspecified atom stereocenters. The van der Waals surface area contributed by atoms with Gasteiger partial charge in [0.05, 0.1) is 12.5 Å². The number of sulfonamides is 1. The molecule has 2 rings (SSSR count). The maximum Gasteiger partial charge on any atom is 0.341 e. The Labute approximate surface area is 140 Å². The van der Waals surface area contributed by atoms with Crippen molar-refractivity contribution in [1.29, 1.82) is 0 Å². The first-order valence-electron chi connectivity index (χ1n) is 7.79. The number of carboxylic acid groups (broad SMARTS) is 1. The van der Waals surface area contributed by atoms with E-state index in [0.717, 1.165) is 4.31 Å². The molecule has 1 aromatic rings. The molecule has 0 saturated carbocycles. The number of H-pyrrole nitrogens is 1. The highest BCUT2D eigenvalue weighted by Gasteiger charge is 2.38. The van der Waals surface area contributed by atoms with Crippen molar-refractivity contribution < 1.29 is 27.9 Å². The first-order valence-corrected chi connectivity index (χ1v) is 9.23. The van der Waals surface area contributed by atoms with Gasteiger partial charge < -0.3 is 14.8 Å². The summed E-state index contributed by atoms with van der Waals surface area (Å²) in [6.45, 7) is 5.09. The smallest absolute Gasteiger partial charge is 0.341 e. The average molecular weight is 358 g/mol. The quantitative estimate of drug-likeness (QED) is 0.766. The van der Waals surface area contributed by atoms with Crippen LogP contribution in [0.25, 0.3) is 0 Å². The molecule has 0 spiro atoms. The molecule has 2 heterocycles. The summed E-state index contributed by atoms with van der Waals surface area (Å²) in [5, 5.41) is 9.16. The van der Waals surface area contributed by atoms with Crippen LogP contribution in [0.3, 0.4) is 0 Å². The van der Waals surface area contributed by atoms with Crippen molar-refractivity contribution >= 4 is 22.0 Å². The first-order chi connectivity index (χ1) is 11.2. The molecule has 134 valence electrons. The molecule has 1 aromatic heterocycles. The fourth-order valence-electron chi connectivity index (χ4n) is 3.02. The maximum atomic E-state index is 13.0. The fourth-order valence-corrected chi connectivity index (χ4v) is 4.96. The Bertz CT molecular complexity index is 752. The van der Waals surface area contributed by atoms with Crippen LogP contribution in [0.2, 0.25) is 0 Å². The number of ether oxygens (including phenoxy) is 1. The van der Waals surface area contributed by atoms with Gasteiger partial charge in [-0.3, -0.25) is 4.79 Å². The van der Waals surface area contributed by atoms with E-state index < -0.39 is 27.9 Å². The van der Waals surface area contributed by atoms with Gasteiger partial charge in [-0.2, -0.15) is 4.31 Å². The summed E-state index contributed by atoms with van der Waals surface area (Å²) >= 11 is 0. The molecule has 0 aromatic carbocycles. The van der Waals surface area contributed by atoms with Crippen molar-refractivity contribution in [3.63, 3.8) is 0 Å². The molecular weight excluding hydrogens is 336 g/mol. The second-order valence-corrected chi connectivity index (χ2v) is 7.71. The second kappa shape index (κ2) is 6.94. The Morgan fingerprint density at radius 3 is 2.58 bits per heavy atom. The highest BCUT2D eigenvalue weighted by atomic mass is 32.2. The molecule has 1 aliphatic heterocycles. The van der Waals surface area contributed by atoms with Crippen molar-refractivity contribution in [2.24, 2.45) is 5.92 Å². The summed E-state index contributed by atoms with van der Waals surface area (Å²) in [5.74, 6) is -2.45. The van der Waals surface area contributed by atoms with E-state index in [-0.39, 0.29) is 30.2 Å². The Balaban J connectivity index is 2.46. The van der Waals surface area contributed by atoms with E-state index >= 15 is 0 Å². The van der Waals surface area contributed by atoms with Gasteiger partial charge in [0.15, 0.2) is 0 Å². The number of aromatic nitrogens is 1. The van der Waals surface area contributed by atoms with E-state index in [0.29, 0.717) is 24.2 Å². The number of piperidine rings is 1. The number of esters is 1. The van der Waals surface area contributed by atoms with E-state index in [1.54, 1.807) is 20.8 Å². The van der Waals surface area contributed by atoms with Crippen molar-refractivity contribution in [2.75, 3.05) is 19.7 Å². The van der Waals surface area contributed by atoms with Crippen molar-refractivity contribution in [2.45, 2.75) is 38.5 Å². The van der Waals surface area contributed by atoms with Crippen LogP contribution in [0.4, 0.5) is 0 Å². The molecule has 0 amide bonds. The zero-order valence-electron chi connectivity index (χ0n) is 14.0. The third kappa shape index (κ3) is 3.32. The van der Waals surface area contributed by atoms with Gasteiger partial charge in [0, 0.05) is 24.5 Å². The van der Waals surface area contributed by atoms with Crippen molar-refractivity contribution in [3.8, 4) is 0 Å². The molecule has 0 radical (unpaired) electrons. The molecule has 0 bridgehead atoms. The standard InChI is InChI=1S/C15H22N2O6S/c1-4-23-15(20)12-9(2)16-10(3)13(12)24(21,22)17-7-5-6-11(8-17)14(18)19/h11,16H,4-8H2,1-3H3,(H,18,19)/t11-/m1/s1. The van der Waals surface area contributed by atoms with Crippen molar-refractivity contribution in [1.82, 2.24) is 9.29 Å². The van der Waals surface area contributed by atoms with Crippen molar-refractivity contribution in [3.05, 3.63) is 17.0 Å². The van der Waals surface area contributed by atoms with Crippen LogP contribution < -0.4 is 0 Å². The normalized spacial score (nSPS) is 19.2. The number of aliphatic carboxylic acids is 1. The predicted molar refractivity (Wildman–Crippen MR) is 85.3 cm³/mol. The number of hydrogen-bond acceptors (Lipinski definition) is 5. The van der Waals surface area contributed by atoms with Gasteiger partial charge in [-0.25, -0.2) is 13.2 Å². The summed E-state index contributed by atoms with van der Waals surface area (Å²) < 4.78 is 32.2. The number of carbonyl (C=O) groups excluding carboxylic acids is 1. The van der Waals surface area contributed by atoms with E-state index in [1.165, 1.54) is 0 Å². The van der Waals surface area contributed by atoms with E-state index in [9.17, 15) is 18.0 Å². The number of carbonyl (C=O) groups is 2. The Morgan fingerprint density at radius 2 is 2.00 bits per heavy atom. The summed E-state index contributed by atoms with van der Waals surface area (Å²) in [6.07, 6.45) is 0.907. The van der Waals surface area contributed by atoms with E-state index in [1.807, 2.05) is 0 Å². The van der Waals surface area contributed by atoms with Gasteiger partial charge in [-0.1, -0.05) is 0 Å². The van der Waals surface area contributed by atoms with Gasteiger partial charge in [0.25, 0.3) is 0 Å². The molecule has 1 fully saturated rings. The van der Waals surface area contributed by atoms with Crippen LogP contribution in [0.5, 0.6) is 0 Å². The van der Waals surface area contributed by atoms with E-state index in [2.05, 4.69) is 4.98 Å². The molecule has 1 atom stereocenters. The minimum Gasteiger partial charge on any atom is -0.481 e. The van der Waals surface area contributed by atoms with E-state index in [4.69, 9.17) is 9.84 Å². The molecule has 0 aliphatic carbocycles. The predicted octanol–water partition coefficient (Wildman–Crippen LogP) is 1.29. The lowest BCUT2D eigenvalue weighted by Crippen LogP contribution is -2.42. The number of rotatable bonds is 5. The Morgan fingerprint density at radius 1 is 1.33 bits per heavy atom.